The molecule has 108 valence electrons. The average molecular weight is 256 g/mol. The van der Waals surface area contributed by atoms with Crippen LogP contribution in [0.15, 0.2) is 0 Å². The topological polar surface area (TPSA) is 35.5 Å². The predicted molar refractivity (Wildman–Crippen MR) is 77.8 cm³/mol. The molecule has 0 aromatic heterocycles. The Morgan fingerprint density at radius 2 is 1.78 bits per heavy atom. The molecule has 1 aliphatic rings. The summed E-state index contributed by atoms with van der Waals surface area (Å²) in [6.45, 7) is 12.8. The van der Waals surface area contributed by atoms with Gasteiger partial charge in [0.1, 0.15) is 0 Å². The molecule has 1 fully saturated rings. The van der Waals surface area contributed by atoms with E-state index in [1.807, 2.05) is 0 Å². The van der Waals surface area contributed by atoms with E-state index in [-0.39, 0.29) is 0 Å². The Bertz CT molecular complexity index is 221. The summed E-state index contributed by atoms with van der Waals surface area (Å²) < 4.78 is 0. The van der Waals surface area contributed by atoms with Crippen LogP contribution in [-0.4, -0.2) is 47.8 Å². The molecule has 1 heterocycles. The normalized spacial score (nSPS) is 21.2. The molecular weight excluding hydrogens is 224 g/mol. The van der Waals surface area contributed by atoms with Crippen LogP contribution >= 0.6 is 0 Å². The Kier molecular flexibility index (Phi) is 6.61. The minimum absolute atomic E-state index is 0.472. The summed E-state index contributed by atoms with van der Waals surface area (Å²) in [4.78, 5) is 2.45. The van der Waals surface area contributed by atoms with Crippen molar-refractivity contribution in [2.24, 2.45) is 5.92 Å². The molecule has 0 spiro atoms. The number of hydrogen-bond donors (Lipinski definition) is 2. The van der Waals surface area contributed by atoms with E-state index in [9.17, 15) is 5.11 Å². The minimum atomic E-state index is -0.472. The molecule has 0 aromatic carbocycles. The van der Waals surface area contributed by atoms with E-state index in [0.717, 1.165) is 44.9 Å². The maximum atomic E-state index is 10.4. The molecule has 1 rings (SSSR count). The summed E-state index contributed by atoms with van der Waals surface area (Å²) in [6.07, 6.45) is 4.24. The molecule has 0 saturated carbocycles. The lowest BCUT2D eigenvalue weighted by Gasteiger charge is -2.39. The standard InChI is InChI=1S/C15H32N2O/c1-5-15(18,6-2)12-17-10-8-14(9-11-17)13(4)16-7-3/h13-14,16,18H,5-12H2,1-4H3. The zero-order valence-corrected chi connectivity index (χ0v) is 12.7. The molecule has 1 aliphatic heterocycles. The molecule has 1 unspecified atom stereocenters. The molecule has 0 aliphatic carbocycles. The summed E-state index contributed by atoms with van der Waals surface area (Å²) >= 11 is 0. The van der Waals surface area contributed by atoms with Gasteiger partial charge in [0.2, 0.25) is 0 Å². The fourth-order valence-corrected chi connectivity index (χ4v) is 2.99. The highest BCUT2D eigenvalue weighted by molar-refractivity contribution is 4.84. The summed E-state index contributed by atoms with van der Waals surface area (Å²) in [5, 5.41) is 13.9. The fraction of sp³-hybridized carbons (Fsp3) is 1.00. The molecule has 1 saturated heterocycles. The lowest BCUT2D eigenvalue weighted by molar-refractivity contribution is -0.0127. The van der Waals surface area contributed by atoms with Crippen molar-refractivity contribution in [2.75, 3.05) is 26.2 Å². The molecule has 0 radical (unpaired) electrons. The van der Waals surface area contributed by atoms with Gasteiger partial charge in [-0.05, 0) is 58.2 Å². The molecule has 3 nitrogen and oxygen atoms in total. The van der Waals surface area contributed by atoms with Crippen LogP contribution < -0.4 is 5.32 Å². The largest absolute Gasteiger partial charge is 0.389 e. The second-order valence-corrected chi connectivity index (χ2v) is 5.89. The average Bonchev–Trinajstić information content (AvgIpc) is 2.39. The lowest BCUT2D eigenvalue weighted by Crippen LogP contribution is -2.47. The van der Waals surface area contributed by atoms with E-state index in [2.05, 4.69) is 37.9 Å². The van der Waals surface area contributed by atoms with E-state index in [0.29, 0.717) is 6.04 Å². The highest BCUT2D eigenvalue weighted by atomic mass is 16.3. The van der Waals surface area contributed by atoms with E-state index in [4.69, 9.17) is 0 Å². The van der Waals surface area contributed by atoms with Crippen molar-refractivity contribution in [2.45, 2.75) is 65.0 Å². The molecule has 1 atom stereocenters. The first-order valence-corrected chi connectivity index (χ1v) is 7.72. The highest BCUT2D eigenvalue weighted by Crippen LogP contribution is 2.24. The molecular formula is C15H32N2O. The quantitative estimate of drug-likeness (QED) is 0.733. The zero-order chi connectivity index (χ0) is 13.6. The van der Waals surface area contributed by atoms with Gasteiger partial charge in [-0.2, -0.15) is 0 Å². The number of hydrogen-bond acceptors (Lipinski definition) is 3. The van der Waals surface area contributed by atoms with Crippen molar-refractivity contribution < 1.29 is 5.11 Å². The summed E-state index contributed by atoms with van der Waals surface area (Å²) in [6, 6.07) is 0.633. The van der Waals surface area contributed by atoms with Gasteiger partial charge in [0.25, 0.3) is 0 Å². The predicted octanol–water partition coefficient (Wildman–Crippen LogP) is 2.25. The summed E-state index contributed by atoms with van der Waals surface area (Å²) in [7, 11) is 0. The molecule has 0 aromatic rings. The van der Waals surface area contributed by atoms with Crippen molar-refractivity contribution in [3.05, 3.63) is 0 Å². The third kappa shape index (κ3) is 4.52. The fourth-order valence-electron chi connectivity index (χ4n) is 2.99. The van der Waals surface area contributed by atoms with Crippen LogP contribution in [0.3, 0.4) is 0 Å². The Morgan fingerprint density at radius 1 is 1.22 bits per heavy atom. The Hall–Kier alpha value is -0.120. The third-order valence-corrected chi connectivity index (χ3v) is 4.70. The first-order chi connectivity index (χ1) is 8.54. The maximum absolute atomic E-state index is 10.4. The number of rotatable bonds is 7. The van der Waals surface area contributed by atoms with Crippen molar-refractivity contribution in [1.29, 1.82) is 0 Å². The first-order valence-electron chi connectivity index (χ1n) is 7.72. The van der Waals surface area contributed by atoms with Gasteiger partial charge in [-0.1, -0.05) is 20.8 Å². The Balaban J connectivity index is 2.35. The van der Waals surface area contributed by atoms with E-state index < -0.39 is 5.60 Å². The number of β-amino-alcohol motifs (C(OH)–C–C–N with tert-alkyl or cyclic N) is 1. The Morgan fingerprint density at radius 3 is 2.22 bits per heavy atom. The Labute approximate surface area is 113 Å². The van der Waals surface area contributed by atoms with Crippen molar-refractivity contribution >= 4 is 0 Å². The smallest absolute Gasteiger partial charge is 0.0768 e. The van der Waals surface area contributed by atoms with Crippen LogP contribution in [0.25, 0.3) is 0 Å². The van der Waals surface area contributed by atoms with Gasteiger partial charge in [0.05, 0.1) is 5.60 Å². The van der Waals surface area contributed by atoms with Crippen LogP contribution in [0, 0.1) is 5.92 Å². The lowest BCUT2D eigenvalue weighted by atomic mass is 9.88. The molecule has 3 heteroatoms. The van der Waals surface area contributed by atoms with Gasteiger partial charge in [-0.15, -0.1) is 0 Å². The van der Waals surface area contributed by atoms with Gasteiger partial charge in [0, 0.05) is 12.6 Å². The van der Waals surface area contributed by atoms with Crippen molar-refractivity contribution in [3.8, 4) is 0 Å². The molecule has 0 bridgehead atoms. The van der Waals surface area contributed by atoms with Crippen LogP contribution in [0.2, 0.25) is 0 Å². The summed E-state index contributed by atoms with van der Waals surface area (Å²) in [5.41, 5.74) is -0.472. The van der Waals surface area contributed by atoms with Crippen molar-refractivity contribution in [3.63, 3.8) is 0 Å². The molecule has 2 N–H and O–H groups in total. The minimum Gasteiger partial charge on any atom is -0.389 e. The molecule has 18 heavy (non-hydrogen) atoms. The van der Waals surface area contributed by atoms with Gasteiger partial charge in [-0.25, -0.2) is 0 Å². The number of nitrogens with one attached hydrogen (secondary N) is 1. The van der Waals surface area contributed by atoms with Gasteiger partial charge in [0.15, 0.2) is 0 Å². The van der Waals surface area contributed by atoms with E-state index in [1.54, 1.807) is 0 Å². The van der Waals surface area contributed by atoms with E-state index >= 15 is 0 Å². The highest BCUT2D eigenvalue weighted by Gasteiger charge is 2.29. The zero-order valence-electron chi connectivity index (χ0n) is 12.7. The van der Waals surface area contributed by atoms with Crippen molar-refractivity contribution in [1.82, 2.24) is 10.2 Å². The monoisotopic (exact) mass is 256 g/mol. The second kappa shape index (κ2) is 7.46. The van der Waals surface area contributed by atoms with Crippen LogP contribution in [-0.2, 0) is 0 Å². The molecule has 0 amide bonds. The van der Waals surface area contributed by atoms with Gasteiger partial charge in [-0.3, -0.25) is 0 Å². The second-order valence-electron chi connectivity index (χ2n) is 5.89. The number of nitrogens with zero attached hydrogens (tertiary/aromatic N) is 1. The maximum Gasteiger partial charge on any atom is 0.0768 e. The van der Waals surface area contributed by atoms with E-state index in [1.165, 1.54) is 12.8 Å². The number of likely N-dealkylation sites (tertiary alicyclic amines) is 1. The van der Waals surface area contributed by atoms with Gasteiger partial charge < -0.3 is 15.3 Å². The van der Waals surface area contributed by atoms with Crippen LogP contribution in [0.5, 0.6) is 0 Å². The van der Waals surface area contributed by atoms with Gasteiger partial charge >= 0.3 is 0 Å². The van der Waals surface area contributed by atoms with Crippen LogP contribution in [0.1, 0.15) is 53.4 Å². The SMILES string of the molecule is CCNC(C)C1CCN(CC(O)(CC)CC)CC1. The number of piperidine rings is 1. The summed E-state index contributed by atoms with van der Waals surface area (Å²) in [5.74, 6) is 0.803. The van der Waals surface area contributed by atoms with Crippen LogP contribution in [0.4, 0.5) is 0 Å². The number of aliphatic hydroxyl groups is 1. The third-order valence-electron chi connectivity index (χ3n) is 4.70. The first kappa shape index (κ1) is 15.9.